The second kappa shape index (κ2) is 11.8. The SMILES string of the molecule is COc1ccccc1NC(=O)C(=O)N/N=C/c1cccc(OCC(=O)Nc2ccc(F)cc2)c1. The van der Waals surface area contributed by atoms with E-state index in [-0.39, 0.29) is 6.61 Å². The van der Waals surface area contributed by atoms with Crippen molar-refractivity contribution < 1.29 is 28.2 Å². The molecule has 0 atom stereocenters. The molecule has 0 unspecified atom stereocenters. The van der Waals surface area contributed by atoms with Gasteiger partial charge in [0.1, 0.15) is 17.3 Å². The summed E-state index contributed by atoms with van der Waals surface area (Å²) in [5, 5.41) is 8.79. The van der Waals surface area contributed by atoms with Crippen molar-refractivity contribution in [2.75, 3.05) is 24.4 Å². The van der Waals surface area contributed by atoms with Crippen molar-refractivity contribution in [3.63, 3.8) is 0 Å². The van der Waals surface area contributed by atoms with Crippen LogP contribution in [-0.2, 0) is 14.4 Å². The van der Waals surface area contributed by atoms with Gasteiger partial charge < -0.3 is 20.1 Å². The van der Waals surface area contributed by atoms with Gasteiger partial charge in [0.2, 0.25) is 0 Å². The first-order chi connectivity index (χ1) is 16.4. The maximum absolute atomic E-state index is 12.9. The molecule has 0 spiro atoms. The molecule has 0 aliphatic carbocycles. The Balaban J connectivity index is 1.48. The number of nitrogens with zero attached hydrogens (tertiary/aromatic N) is 1. The average Bonchev–Trinajstić information content (AvgIpc) is 2.84. The number of methoxy groups -OCH3 is 1. The molecule has 0 saturated carbocycles. The van der Waals surface area contributed by atoms with Gasteiger partial charge in [-0.2, -0.15) is 5.10 Å². The Morgan fingerprint density at radius 3 is 2.47 bits per heavy atom. The van der Waals surface area contributed by atoms with Crippen LogP contribution in [0.2, 0.25) is 0 Å². The van der Waals surface area contributed by atoms with Crippen LogP contribution in [0.1, 0.15) is 5.56 Å². The first-order valence-corrected chi connectivity index (χ1v) is 10.0. The molecule has 0 heterocycles. The molecule has 3 N–H and O–H groups in total. The van der Waals surface area contributed by atoms with Crippen LogP contribution in [0, 0.1) is 5.82 Å². The van der Waals surface area contributed by atoms with E-state index < -0.39 is 23.5 Å². The van der Waals surface area contributed by atoms with Gasteiger partial charge in [0.15, 0.2) is 6.61 Å². The number of nitrogens with one attached hydrogen (secondary N) is 3. The van der Waals surface area contributed by atoms with Crippen LogP contribution in [-0.4, -0.2) is 37.7 Å². The molecule has 3 amide bonds. The summed E-state index contributed by atoms with van der Waals surface area (Å²) in [6, 6.07) is 18.6. The van der Waals surface area contributed by atoms with E-state index in [1.54, 1.807) is 48.5 Å². The minimum Gasteiger partial charge on any atom is -0.495 e. The van der Waals surface area contributed by atoms with Crippen LogP contribution in [0.15, 0.2) is 77.9 Å². The molecule has 3 aromatic rings. The molecular weight excluding hydrogens is 443 g/mol. The van der Waals surface area contributed by atoms with E-state index in [1.807, 2.05) is 0 Å². The summed E-state index contributed by atoms with van der Waals surface area (Å²) < 4.78 is 23.5. The highest BCUT2D eigenvalue weighted by atomic mass is 19.1. The van der Waals surface area contributed by atoms with Gasteiger partial charge in [0.05, 0.1) is 19.0 Å². The highest BCUT2D eigenvalue weighted by Gasteiger charge is 2.14. The highest BCUT2D eigenvalue weighted by Crippen LogP contribution is 2.22. The Morgan fingerprint density at radius 1 is 0.941 bits per heavy atom. The Hall–Kier alpha value is -4.73. The Labute approximate surface area is 194 Å². The van der Waals surface area contributed by atoms with Gasteiger partial charge in [0.25, 0.3) is 5.91 Å². The minimum atomic E-state index is -0.966. The maximum Gasteiger partial charge on any atom is 0.329 e. The largest absolute Gasteiger partial charge is 0.495 e. The molecule has 0 aromatic heterocycles. The maximum atomic E-state index is 12.9. The number of ether oxygens (including phenoxy) is 2. The lowest BCUT2D eigenvalue weighted by molar-refractivity contribution is -0.136. The number of anilines is 2. The van der Waals surface area contributed by atoms with Crippen LogP contribution >= 0.6 is 0 Å². The molecule has 0 aliphatic rings. The fourth-order valence-electron chi connectivity index (χ4n) is 2.71. The number of benzene rings is 3. The molecule has 0 bridgehead atoms. The summed E-state index contributed by atoms with van der Waals surface area (Å²) in [4.78, 5) is 36.0. The van der Waals surface area contributed by atoms with E-state index in [1.165, 1.54) is 37.6 Å². The van der Waals surface area contributed by atoms with Gasteiger partial charge >= 0.3 is 11.8 Å². The number of carbonyl (C=O) groups excluding carboxylic acids is 3. The predicted molar refractivity (Wildman–Crippen MR) is 124 cm³/mol. The van der Waals surface area contributed by atoms with Crippen molar-refractivity contribution in [2.45, 2.75) is 0 Å². The predicted octanol–water partition coefficient (Wildman–Crippen LogP) is 2.94. The fourth-order valence-corrected chi connectivity index (χ4v) is 2.71. The third kappa shape index (κ3) is 7.16. The monoisotopic (exact) mass is 464 g/mol. The van der Waals surface area contributed by atoms with Crippen LogP contribution in [0.4, 0.5) is 15.8 Å². The quantitative estimate of drug-likeness (QED) is 0.269. The summed E-state index contributed by atoms with van der Waals surface area (Å²) in [6.07, 6.45) is 1.32. The van der Waals surface area contributed by atoms with Crippen molar-refractivity contribution in [1.82, 2.24) is 5.43 Å². The zero-order valence-corrected chi connectivity index (χ0v) is 18.1. The zero-order chi connectivity index (χ0) is 24.3. The summed E-state index contributed by atoms with van der Waals surface area (Å²) in [5.41, 5.74) is 3.49. The number of carbonyl (C=O) groups is 3. The van der Waals surface area contributed by atoms with Crippen LogP contribution < -0.4 is 25.5 Å². The number of hydrogen-bond donors (Lipinski definition) is 3. The van der Waals surface area contributed by atoms with E-state index in [0.717, 1.165) is 0 Å². The molecule has 3 rings (SSSR count). The van der Waals surface area contributed by atoms with E-state index >= 15 is 0 Å². The van der Waals surface area contributed by atoms with Crippen molar-refractivity contribution in [2.24, 2.45) is 5.10 Å². The van der Waals surface area contributed by atoms with Crippen LogP contribution in [0.3, 0.4) is 0 Å². The van der Waals surface area contributed by atoms with Crippen molar-refractivity contribution in [1.29, 1.82) is 0 Å². The standard InChI is InChI=1S/C24H21FN4O5/c1-33-21-8-3-2-7-20(21)28-23(31)24(32)29-26-14-16-5-4-6-19(13-16)34-15-22(30)27-18-11-9-17(25)10-12-18/h2-14H,15H2,1H3,(H,27,30)(H,28,31)(H,29,32)/b26-14+. The molecule has 10 heteroatoms. The average molecular weight is 464 g/mol. The first kappa shape index (κ1) is 23.9. The lowest BCUT2D eigenvalue weighted by atomic mass is 10.2. The molecule has 3 aromatic carbocycles. The smallest absolute Gasteiger partial charge is 0.329 e. The summed E-state index contributed by atoms with van der Waals surface area (Å²) in [7, 11) is 1.45. The van der Waals surface area contributed by atoms with E-state index in [9.17, 15) is 18.8 Å². The van der Waals surface area contributed by atoms with Crippen LogP contribution in [0.5, 0.6) is 11.5 Å². The second-order valence-electron chi connectivity index (χ2n) is 6.77. The third-order valence-electron chi connectivity index (χ3n) is 4.30. The molecule has 0 fully saturated rings. The van der Waals surface area contributed by atoms with Gasteiger partial charge in [-0.1, -0.05) is 24.3 Å². The van der Waals surface area contributed by atoms with Gasteiger partial charge in [-0.25, -0.2) is 9.82 Å². The Bertz CT molecular complexity index is 1200. The molecule has 9 nitrogen and oxygen atoms in total. The van der Waals surface area contributed by atoms with Gasteiger partial charge in [-0.05, 0) is 54.1 Å². The normalized spacial score (nSPS) is 10.4. The third-order valence-corrected chi connectivity index (χ3v) is 4.30. The van der Waals surface area contributed by atoms with Crippen molar-refractivity contribution in [3.05, 3.63) is 84.2 Å². The van der Waals surface area contributed by atoms with Gasteiger partial charge in [0, 0.05) is 5.69 Å². The first-order valence-electron chi connectivity index (χ1n) is 10.0. The number of hydrogen-bond acceptors (Lipinski definition) is 6. The topological polar surface area (TPSA) is 118 Å². The second-order valence-corrected chi connectivity index (χ2v) is 6.77. The van der Waals surface area contributed by atoms with Gasteiger partial charge in [-0.15, -0.1) is 0 Å². The number of amides is 3. The number of para-hydroxylation sites is 2. The molecule has 34 heavy (non-hydrogen) atoms. The Kier molecular flexibility index (Phi) is 8.28. The lowest BCUT2D eigenvalue weighted by Gasteiger charge is -2.09. The number of rotatable bonds is 8. The van der Waals surface area contributed by atoms with E-state index in [4.69, 9.17) is 9.47 Å². The summed E-state index contributed by atoms with van der Waals surface area (Å²) in [5.74, 6) is -1.90. The van der Waals surface area contributed by atoms with E-state index in [2.05, 4.69) is 21.2 Å². The summed E-state index contributed by atoms with van der Waals surface area (Å²) >= 11 is 0. The molecule has 0 aliphatic heterocycles. The minimum absolute atomic E-state index is 0.266. The number of halogens is 1. The highest BCUT2D eigenvalue weighted by molar-refractivity contribution is 6.39. The molecular formula is C24H21FN4O5. The fraction of sp³-hybridized carbons (Fsp3) is 0.0833. The zero-order valence-electron chi connectivity index (χ0n) is 18.1. The van der Waals surface area contributed by atoms with Crippen molar-refractivity contribution >= 4 is 35.3 Å². The summed E-state index contributed by atoms with van der Waals surface area (Å²) in [6.45, 7) is -0.266. The molecule has 0 radical (unpaired) electrons. The lowest BCUT2D eigenvalue weighted by Crippen LogP contribution is -2.32. The van der Waals surface area contributed by atoms with Gasteiger partial charge in [-0.3, -0.25) is 14.4 Å². The molecule has 0 saturated heterocycles. The Morgan fingerprint density at radius 2 is 1.71 bits per heavy atom. The van der Waals surface area contributed by atoms with E-state index in [0.29, 0.717) is 28.4 Å². The number of hydrazone groups is 1. The van der Waals surface area contributed by atoms with Crippen LogP contribution in [0.25, 0.3) is 0 Å². The molecule has 174 valence electrons. The van der Waals surface area contributed by atoms with Crippen molar-refractivity contribution in [3.8, 4) is 11.5 Å².